The lowest BCUT2D eigenvalue weighted by Crippen LogP contribution is -2.04. The number of fused-ring (bicyclic) bond motifs is 2. The van der Waals surface area contributed by atoms with Gasteiger partial charge in [0.05, 0.1) is 11.2 Å². The van der Waals surface area contributed by atoms with E-state index in [0.717, 1.165) is 39.3 Å². The molecule has 6 heteroatoms. The van der Waals surface area contributed by atoms with Crippen LogP contribution in [0.25, 0.3) is 27.9 Å². The van der Waals surface area contributed by atoms with E-state index in [1.165, 1.54) is 0 Å². The van der Waals surface area contributed by atoms with Crippen LogP contribution < -0.4 is 5.32 Å². The average molecular weight is 352 g/mol. The van der Waals surface area contributed by atoms with Crippen molar-refractivity contribution in [2.45, 2.75) is 6.92 Å². The molecule has 4 heterocycles. The maximum absolute atomic E-state index is 4.76. The number of pyridine rings is 2. The van der Waals surface area contributed by atoms with Gasteiger partial charge in [-0.05, 0) is 43.3 Å². The molecule has 0 aliphatic carbocycles. The fourth-order valence-electron chi connectivity index (χ4n) is 3.14. The maximum Gasteiger partial charge on any atom is 0.200 e. The summed E-state index contributed by atoms with van der Waals surface area (Å²) in [5, 5.41) is 9.10. The molecule has 4 aromatic heterocycles. The van der Waals surface area contributed by atoms with Crippen LogP contribution in [0.2, 0.25) is 0 Å². The third-order valence-electron chi connectivity index (χ3n) is 4.41. The Bertz CT molecular complexity index is 1270. The number of nitrogens with one attached hydrogen (secondary N) is 1. The zero-order valence-corrected chi connectivity index (χ0v) is 14.7. The van der Waals surface area contributed by atoms with E-state index in [1.54, 1.807) is 6.20 Å². The van der Waals surface area contributed by atoms with Crippen molar-refractivity contribution >= 4 is 27.9 Å². The first-order valence-electron chi connectivity index (χ1n) is 8.68. The molecule has 0 aliphatic heterocycles. The van der Waals surface area contributed by atoms with Gasteiger partial charge in [-0.25, -0.2) is 14.5 Å². The Hall–Kier alpha value is -3.80. The minimum absolute atomic E-state index is 0.572. The molecule has 0 atom stereocenters. The smallest absolute Gasteiger partial charge is 0.200 e. The molecule has 0 spiro atoms. The van der Waals surface area contributed by atoms with Gasteiger partial charge in [0.2, 0.25) is 5.82 Å². The first-order chi connectivity index (χ1) is 13.3. The highest BCUT2D eigenvalue weighted by Gasteiger charge is 2.12. The second-order valence-corrected chi connectivity index (χ2v) is 6.29. The molecule has 0 fully saturated rings. The number of hydrogen-bond acceptors (Lipinski definition) is 5. The van der Waals surface area contributed by atoms with Crippen LogP contribution in [-0.2, 0) is 0 Å². The average Bonchev–Trinajstić information content (AvgIpc) is 3.17. The molecular formula is C21H16N6. The fraction of sp³-hybridized carbons (Fsp3) is 0.0476. The minimum atomic E-state index is 0.572. The van der Waals surface area contributed by atoms with E-state index in [9.17, 15) is 0 Å². The Labute approximate surface area is 155 Å². The van der Waals surface area contributed by atoms with E-state index in [2.05, 4.69) is 20.4 Å². The van der Waals surface area contributed by atoms with Crippen molar-refractivity contribution in [3.63, 3.8) is 0 Å². The summed E-state index contributed by atoms with van der Waals surface area (Å²) in [5.41, 5.74) is 4.45. The summed E-state index contributed by atoms with van der Waals surface area (Å²) in [5.74, 6) is 1.30. The van der Waals surface area contributed by atoms with Crippen LogP contribution in [0.5, 0.6) is 0 Å². The van der Waals surface area contributed by atoms with Crippen LogP contribution in [0.15, 0.2) is 73.1 Å². The molecule has 0 bridgehead atoms. The van der Waals surface area contributed by atoms with E-state index in [-0.39, 0.29) is 0 Å². The van der Waals surface area contributed by atoms with E-state index < -0.39 is 0 Å². The lowest BCUT2D eigenvalue weighted by molar-refractivity contribution is 0.908. The SMILES string of the molecule is Cc1cccc(-c2nc(Nc3ccnc4ccccc34)c3cccn3n2)n1. The van der Waals surface area contributed by atoms with Gasteiger partial charge in [0.15, 0.2) is 5.82 Å². The second-order valence-electron chi connectivity index (χ2n) is 6.29. The number of anilines is 2. The predicted molar refractivity (Wildman–Crippen MR) is 106 cm³/mol. The Morgan fingerprint density at radius 2 is 1.81 bits per heavy atom. The third kappa shape index (κ3) is 2.77. The zero-order chi connectivity index (χ0) is 18.2. The minimum Gasteiger partial charge on any atom is -0.338 e. The van der Waals surface area contributed by atoms with Gasteiger partial charge in [0.25, 0.3) is 0 Å². The van der Waals surface area contributed by atoms with Crippen LogP contribution >= 0.6 is 0 Å². The molecule has 0 unspecified atom stereocenters. The monoisotopic (exact) mass is 352 g/mol. The molecule has 5 rings (SSSR count). The summed E-state index contributed by atoms with van der Waals surface area (Å²) >= 11 is 0. The molecule has 0 aliphatic rings. The molecule has 27 heavy (non-hydrogen) atoms. The Balaban J connectivity index is 1.67. The second kappa shape index (κ2) is 6.17. The molecule has 5 aromatic rings. The van der Waals surface area contributed by atoms with E-state index >= 15 is 0 Å². The number of para-hydroxylation sites is 1. The molecule has 1 N–H and O–H groups in total. The molecule has 0 amide bonds. The van der Waals surface area contributed by atoms with Gasteiger partial charge in [-0.2, -0.15) is 0 Å². The summed E-state index contributed by atoms with van der Waals surface area (Å²) in [6.45, 7) is 1.96. The molecule has 130 valence electrons. The van der Waals surface area contributed by atoms with E-state index in [4.69, 9.17) is 4.98 Å². The number of aryl methyl sites for hydroxylation is 1. The van der Waals surface area contributed by atoms with Crippen LogP contribution in [0.1, 0.15) is 5.69 Å². The van der Waals surface area contributed by atoms with Gasteiger partial charge < -0.3 is 5.32 Å². The van der Waals surface area contributed by atoms with Gasteiger partial charge in [-0.1, -0.05) is 24.3 Å². The first-order valence-corrected chi connectivity index (χ1v) is 8.68. The summed E-state index contributed by atoms with van der Waals surface area (Å²) in [4.78, 5) is 13.7. The molecule has 0 radical (unpaired) electrons. The molecule has 0 saturated carbocycles. The third-order valence-corrected chi connectivity index (χ3v) is 4.41. The standard InChI is InChI=1S/C21H16N6/c1-14-6-4-9-18(23-14)20-25-21(19-10-5-13-27(19)26-20)24-17-11-12-22-16-8-3-2-7-15(16)17/h2-13H,1H3,(H,22,24,25,26). The number of aromatic nitrogens is 5. The lowest BCUT2D eigenvalue weighted by Gasteiger charge is -2.11. The summed E-state index contributed by atoms with van der Waals surface area (Å²) in [6, 6.07) is 19.8. The van der Waals surface area contributed by atoms with Gasteiger partial charge >= 0.3 is 0 Å². The number of hydrogen-bond donors (Lipinski definition) is 1. The van der Waals surface area contributed by atoms with Crippen LogP contribution in [0, 0.1) is 6.92 Å². The van der Waals surface area contributed by atoms with Crippen molar-refractivity contribution in [1.82, 2.24) is 24.6 Å². The van der Waals surface area contributed by atoms with Crippen molar-refractivity contribution < 1.29 is 0 Å². The quantitative estimate of drug-likeness (QED) is 0.521. The number of nitrogens with zero attached hydrogens (tertiary/aromatic N) is 5. The van der Waals surface area contributed by atoms with Gasteiger partial charge in [0.1, 0.15) is 11.2 Å². The van der Waals surface area contributed by atoms with Crippen LogP contribution in [0.4, 0.5) is 11.5 Å². The molecule has 1 aromatic carbocycles. The van der Waals surface area contributed by atoms with Gasteiger partial charge in [-0.3, -0.25) is 4.98 Å². The highest BCUT2D eigenvalue weighted by molar-refractivity contribution is 5.93. The normalized spacial score (nSPS) is 11.1. The number of rotatable bonds is 3. The van der Waals surface area contributed by atoms with Crippen LogP contribution in [0.3, 0.4) is 0 Å². The summed E-state index contributed by atoms with van der Waals surface area (Å²) < 4.78 is 1.82. The topological polar surface area (TPSA) is 68.0 Å². The van der Waals surface area contributed by atoms with Crippen molar-refractivity contribution in [3.05, 3.63) is 78.8 Å². The zero-order valence-electron chi connectivity index (χ0n) is 14.7. The van der Waals surface area contributed by atoms with Gasteiger partial charge in [-0.15, -0.1) is 5.10 Å². The van der Waals surface area contributed by atoms with E-state index in [0.29, 0.717) is 5.82 Å². The highest BCUT2D eigenvalue weighted by atomic mass is 15.3. The van der Waals surface area contributed by atoms with Crippen LogP contribution in [-0.4, -0.2) is 24.6 Å². The Kier molecular flexibility index (Phi) is 3.53. The lowest BCUT2D eigenvalue weighted by atomic mass is 10.2. The number of benzene rings is 1. The van der Waals surface area contributed by atoms with E-state index in [1.807, 2.05) is 78.3 Å². The highest BCUT2D eigenvalue weighted by Crippen LogP contribution is 2.27. The Morgan fingerprint density at radius 3 is 2.74 bits per heavy atom. The Morgan fingerprint density at radius 1 is 0.889 bits per heavy atom. The van der Waals surface area contributed by atoms with Gasteiger partial charge in [0, 0.05) is 23.5 Å². The largest absolute Gasteiger partial charge is 0.338 e. The molecular weight excluding hydrogens is 336 g/mol. The molecule has 0 saturated heterocycles. The fourth-order valence-corrected chi connectivity index (χ4v) is 3.14. The maximum atomic E-state index is 4.76. The van der Waals surface area contributed by atoms with Crippen molar-refractivity contribution in [2.75, 3.05) is 5.32 Å². The first kappa shape index (κ1) is 15.5. The predicted octanol–water partition coefficient (Wildman–Crippen LogP) is 4.39. The van der Waals surface area contributed by atoms with Crippen molar-refractivity contribution in [1.29, 1.82) is 0 Å². The summed E-state index contributed by atoms with van der Waals surface area (Å²) in [7, 11) is 0. The molecule has 6 nitrogen and oxygen atoms in total. The van der Waals surface area contributed by atoms with Crippen molar-refractivity contribution in [2.24, 2.45) is 0 Å². The summed E-state index contributed by atoms with van der Waals surface area (Å²) in [6.07, 6.45) is 3.70. The van der Waals surface area contributed by atoms with Crippen molar-refractivity contribution in [3.8, 4) is 11.5 Å².